The highest BCUT2D eigenvalue weighted by Crippen LogP contribution is 2.36. The lowest BCUT2D eigenvalue weighted by Crippen LogP contribution is -2.74. The molecule has 0 aromatic carbocycles. The molecule has 1 N–H and O–H groups in total. The van der Waals surface area contributed by atoms with Crippen LogP contribution >= 0.6 is 11.3 Å². The molecule has 0 spiro atoms. The average molecular weight is 638 g/mol. The second-order valence-electron chi connectivity index (χ2n) is 13.8. The van der Waals surface area contributed by atoms with Crippen LogP contribution in [0.2, 0.25) is 0 Å². The molecule has 3 aliphatic heterocycles. The minimum atomic E-state index is -0.877. The standard InChI is InChI=1S/C34H47N5O5S/c1-8-28-25(12-10-9-11-19-40)35-29(45-28)13-14-31(41)39-30-22-37(24-15-17-36(7)18-16-24)32(42)26(21-34(4,5)6)38(30)33(43)27(44-39)20-23(2)3/h1,13-14,23-24,26-27,30,40H,9,11,15-22H2,2-7H3/b14-13+/t26-,27+,30-/m0/s1. The lowest BCUT2D eigenvalue weighted by atomic mass is 9.84. The fourth-order valence-electron chi connectivity index (χ4n) is 6.07. The maximum Gasteiger partial charge on any atom is 0.272 e. The Kier molecular flexibility index (Phi) is 11.5. The van der Waals surface area contributed by atoms with Gasteiger partial charge in [0, 0.05) is 25.1 Å². The molecule has 0 bridgehead atoms. The zero-order valence-corrected chi connectivity index (χ0v) is 28.2. The van der Waals surface area contributed by atoms with Crippen molar-refractivity contribution in [3.05, 3.63) is 21.7 Å². The van der Waals surface area contributed by atoms with Crippen LogP contribution in [-0.2, 0) is 19.2 Å². The molecule has 4 heterocycles. The summed E-state index contributed by atoms with van der Waals surface area (Å²) < 4.78 is 0. The number of hydroxylamine groups is 2. The van der Waals surface area contributed by atoms with E-state index in [0.29, 0.717) is 41.3 Å². The molecular formula is C34H47N5O5S. The molecule has 10 nitrogen and oxygen atoms in total. The topological polar surface area (TPSA) is 107 Å². The molecule has 0 aliphatic carbocycles. The Morgan fingerprint density at radius 3 is 2.56 bits per heavy atom. The number of carbonyl (C=O) groups is 3. The molecule has 0 unspecified atom stereocenters. The summed E-state index contributed by atoms with van der Waals surface area (Å²) in [7, 11) is 2.08. The van der Waals surface area contributed by atoms with E-state index in [4.69, 9.17) is 16.4 Å². The lowest BCUT2D eigenvalue weighted by Gasteiger charge is -2.55. The third kappa shape index (κ3) is 8.53. The monoisotopic (exact) mass is 637 g/mol. The number of hydrogen-bond acceptors (Lipinski definition) is 8. The van der Waals surface area contributed by atoms with Crippen molar-refractivity contribution in [2.45, 2.75) is 97.5 Å². The molecule has 1 aromatic heterocycles. The Morgan fingerprint density at radius 2 is 1.93 bits per heavy atom. The van der Waals surface area contributed by atoms with Gasteiger partial charge in [0.2, 0.25) is 5.91 Å². The SMILES string of the molecule is C#Cc1sc(/C=C/C(=O)N2O[C@H](CC(C)C)C(=O)N3[C@@H]2CN(C2CCN(C)CC2)C(=O)[C@@H]3CC(C)(C)C)nc1C#CCCCO. The number of thiazole rings is 1. The summed E-state index contributed by atoms with van der Waals surface area (Å²) in [6, 6.07) is -0.665. The predicted molar refractivity (Wildman–Crippen MR) is 174 cm³/mol. The van der Waals surface area contributed by atoms with Gasteiger partial charge in [-0.15, -0.1) is 17.8 Å². The molecule has 244 valence electrons. The van der Waals surface area contributed by atoms with Crippen LogP contribution in [0.3, 0.4) is 0 Å². The van der Waals surface area contributed by atoms with Crippen LogP contribution in [-0.4, -0.2) is 105 Å². The number of unbranched alkanes of at least 4 members (excludes halogenated alkanes) is 1. The third-order valence-corrected chi connectivity index (χ3v) is 9.23. The number of hydrogen-bond donors (Lipinski definition) is 1. The summed E-state index contributed by atoms with van der Waals surface area (Å²) in [5, 5.41) is 10.8. The van der Waals surface area contributed by atoms with E-state index < -0.39 is 24.2 Å². The number of nitrogens with zero attached hydrogens (tertiary/aromatic N) is 5. The van der Waals surface area contributed by atoms with Crippen molar-refractivity contribution in [3.8, 4) is 24.2 Å². The van der Waals surface area contributed by atoms with E-state index in [1.165, 1.54) is 22.5 Å². The Labute approximate surface area is 271 Å². The maximum atomic E-state index is 14.2. The number of rotatable bonds is 8. The van der Waals surface area contributed by atoms with E-state index in [1.807, 2.05) is 18.7 Å². The highest BCUT2D eigenvalue weighted by Gasteiger charge is 2.54. The van der Waals surface area contributed by atoms with E-state index in [2.05, 4.69) is 55.5 Å². The fourth-order valence-corrected chi connectivity index (χ4v) is 6.81. The van der Waals surface area contributed by atoms with Gasteiger partial charge in [-0.3, -0.25) is 19.2 Å². The van der Waals surface area contributed by atoms with E-state index in [0.717, 1.165) is 25.9 Å². The van der Waals surface area contributed by atoms with Gasteiger partial charge in [-0.2, -0.15) is 5.06 Å². The van der Waals surface area contributed by atoms with Gasteiger partial charge in [-0.05, 0) is 75.6 Å². The third-order valence-electron chi connectivity index (χ3n) is 8.27. The summed E-state index contributed by atoms with van der Waals surface area (Å²) in [5.41, 5.74) is 0.222. The first kappa shape index (κ1) is 34.6. The zero-order valence-electron chi connectivity index (χ0n) is 27.4. The van der Waals surface area contributed by atoms with Gasteiger partial charge >= 0.3 is 0 Å². The van der Waals surface area contributed by atoms with E-state index in [1.54, 1.807) is 11.0 Å². The number of piperidine rings is 1. The van der Waals surface area contributed by atoms with Gasteiger partial charge in [-0.1, -0.05) is 46.5 Å². The number of fused-ring (bicyclic) bond motifs is 1. The Hall–Kier alpha value is -3.22. The number of aromatic nitrogens is 1. The molecular weight excluding hydrogens is 590 g/mol. The number of likely N-dealkylation sites (tertiary alicyclic amines) is 1. The van der Waals surface area contributed by atoms with Gasteiger partial charge in [-0.25, -0.2) is 4.98 Å². The summed E-state index contributed by atoms with van der Waals surface area (Å²) in [6.07, 6.45) is 10.7. The molecule has 3 saturated heterocycles. The largest absolute Gasteiger partial charge is 0.396 e. The van der Waals surface area contributed by atoms with Crippen molar-refractivity contribution in [1.29, 1.82) is 0 Å². The quantitative estimate of drug-likeness (QED) is 0.265. The van der Waals surface area contributed by atoms with Crippen molar-refractivity contribution >= 4 is 35.1 Å². The number of piperazine rings is 1. The minimum Gasteiger partial charge on any atom is -0.396 e. The second-order valence-corrected chi connectivity index (χ2v) is 14.8. The molecule has 3 aliphatic rings. The van der Waals surface area contributed by atoms with E-state index in [-0.39, 0.29) is 42.3 Å². The summed E-state index contributed by atoms with van der Waals surface area (Å²) in [6.45, 7) is 12.2. The first-order chi connectivity index (χ1) is 21.3. The van der Waals surface area contributed by atoms with Gasteiger partial charge < -0.3 is 19.8 Å². The molecule has 0 radical (unpaired) electrons. The summed E-state index contributed by atoms with van der Waals surface area (Å²) in [5.74, 6) is 7.94. The van der Waals surface area contributed by atoms with Crippen molar-refractivity contribution in [3.63, 3.8) is 0 Å². The number of aliphatic hydroxyl groups is 1. The van der Waals surface area contributed by atoms with Crippen LogP contribution in [0.1, 0.15) is 88.7 Å². The van der Waals surface area contributed by atoms with Crippen LogP contribution in [0.25, 0.3) is 6.08 Å². The molecule has 3 amide bonds. The Morgan fingerprint density at radius 1 is 1.22 bits per heavy atom. The second kappa shape index (κ2) is 14.9. The Balaban J connectivity index is 1.67. The maximum absolute atomic E-state index is 14.2. The molecule has 4 rings (SSSR count). The lowest BCUT2D eigenvalue weighted by molar-refractivity contribution is -0.276. The molecule has 3 fully saturated rings. The number of terminal acetylenes is 1. The van der Waals surface area contributed by atoms with Crippen LogP contribution in [0.4, 0.5) is 0 Å². The normalized spacial score (nSPS) is 23.4. The van der Waals surface area contributed by atoms with E-state index in [9.17, 15) is 14.4 Å². The fraction of sp³-hybridized carbons (Fsp3) is 0.647. The van der Waals surface area contributed by atoms with Gasteiger partial charge in [0.1, 0.15) is 21.6 Å². The molecule has 45 heavy (non-hydrogen) atoms. The highest BCUT2D eigenvalue weighted by molar-refractivity contribution is 7.13. The predicted octanol–water partition coefficient (Wildman–Crippen LogP) is 3.35. The zero-order chi connectivity index (χ0) is 32.9. The van der Waals surface area contributed by atoms with Crippen LogP contribution in [0.5, 0.6) is 0 Å². The first-order valence-electron chi connectivity index (χ1n) is 15.9. The highest BCUT2D eigenvalue weighted by atomic mass is 32.1. The molecule has 3 atom stereocenters. The molecule has 1 aromatic rings. The molecule has 11 heteroatoms. The summed E-state index contributed by atoms with van der Waals surface area (Å²) in [4.78, 5) is 59.2. The van der Waals surface area contributed by atoms with Gasteiger partial charge in [0.15, 0.2) is 12.3 Å². The van der Waals surface area contributed by atoms with Crippen molar-refractivity contribution < 1.29 is 24.3 Å². The van der Waals surface area contributed by atoms with Crippen molar-refractivity contribution in [2.24, 2.45) is 11.3 Å². The minimum absolute atomic E-state index is 0.0312. The van der Waals surface area contributed by atoms with Crippen LogP contribution in [0.15, 0.2) is 6.08 Å². The van der Waals surface area contributed by atoms with Crippen molar-refractivity contribution in [2.75, 3.05) is 33.3 Å². The number of aliphatic hydroxyl groups excluding tert-OH is 1. The number of amides is 3. The average Bonchev–Trinajstić information content (AvgIpc) is 3.38. The van der Waals surface area contributed by atoms with Crippen molar-refractivity contribution in [1.82, 2.24) is 24.7 Å². The van der Waals surface area contributed by atoms with Gasteiger partial charge in [0.05, 0.1) is 6.54 Å². The summed E-state index contributed by atoms with van der Waals surface area (Å²) >= 11 is 1.25. The van der Waals surface area contributed by atoms with Gasteiger partial charge in [0.25, 0.3) is 11.8 Å². The van der Waals surface area contributed by atoms with E-state index >= 15 is 0 Å². The van der Waals surface area contributed by atoms with Crippen LogP contribution < -0.4 is 0 Å². The Bertz CT molecular complexity index is 1370. The number of carbonyl (C=O) groups excluding carboxylic acids is 3. The van der Waals surface area contributed by atoms with Crippen LogP contribution in [0, 0.1) is 35.5 Å². The first-order valence-corrected chi connectivity index (χ1v) is 16.7. The molecule has 0 saturated carbocycles. The smallest absolute Gasteiger partial charge is 0.272 e.